The summed E-state index contributed by atoms with van der Waals surface area (Å²) in [7, 11) is 1.92. The van der Waals surface area contributed by atoms with Gasteiger partial charge >= 0.3 is 0 Å². The van der Waals surface area contributed by atoms with E-state index in [1.165, 1.54) is 12.8 Å². The number of hydrogen-bond acceptors (Lipinski definition) is 4. The number of halogens is 2. The number of rotatable bonds is 4. The van der Waals surface area contributed by atoms with Gasteiger partial charge in [-0.1, -0.05) is 29.3 Å². The second-order valence-corrected chi connectivity index (χ2v) is 8.97. The third kappa shape index (κ3) is 4.19. The molecular weight excluding hydrogens is 399 g/mol. The van der Waals surface area contributed by atoms with Gasteiger partial charge in [0.15, 0.2) is 5.79 Å². The van der Waals surface area contributed by atoms with Gasteiger partial charge in [0, 0.05) is 25.9 Å². The fourth-order valence-electron chi connectivity index (χ4n) is 4.90. The van der Waals surface area contributed by atoms with Gasteiger partial charge in [-0.05, 0) is 50.0 Å². The molecule has 5 nitrogen and oxygen atoms in total. The quantitative estimate of drug-likeness (QED) is 0.734. The van der Waals surface area contributed by atoms with Gasteiger partial charge < -0.3 is 14.4 Å². The van der Waals surface area contributed by atoms with Crippen molar-refractivity contribution in [1.82, 2.24) is 9.80 Å². The Morgan fingerprint density at radius 1 is 1.21 bits per heavy atom. The topological polar surface area (TPSA) is 42.0 Å². The van der Waals surface area contributed by atoms with Gasteiger partial charge in [0.25, 0.3) is 0 Å². The Balaban J connectivity index is 1.50. The standard InChI is InChI=1S/C21H28Cl2N2O3/c1-24(20(26)13-15-4-5-16(22)17(23)12-15)19-14-21(27-10-11-28-21)7-6-18(19)25-8-2-3-9-25/h4-5,12,18-19H,2-3,6-11,13-14H2,1H3/t18-,19-/m1/s1. The lowest BCUT2D eigenvalue weighted by molar-refractivity contribution is -0.198. The second-order valence-electron chi connectivity index (χ2n) is 8.16. The molecule has 1 aromatic carbocycles. The Morgan fingerprint density at radius 2 is 1.93 bits per heavy atom. The third-order valence-electron chi connectivity index (χ3n) is 6.44. The number of hydrogen-bond donors (Lipinski definition) is 0. The van der Waals surface area contributed by atoms with Crippen LogP contribution in [0.4, 0.5) is 0 Å². The van der Waals surface area contributed by atoms with Crippen molar-refractivity contribution in [2.75, 3.05) is 33.4 Å². The fraction of sp³-hybridized carbons (Fsp3) is 0.667. The van der Waals surface area contributed by atoms with Crippen LogP contribution in [-0.2, 0) is 20.7 Å². The van der Waals surface area contributed by atoms with Crippen molar-refractivity contribution in [3.05, 3.63) is 33.8 Å². The Hall–Kier alpha value is -0.850. The summed E-state index contributed by atoms with van der Waals surface area (Å²) in [5, 5.41) is 0.985. The van der Waals surface area contributed by atoms with Crippen LogP contribution in [0.5, 0.6) is 0 Å². The monoisotopic (exact) mass is 426 g/mol. The maximum atomic E-state index is 13.1. The Kier molecular flexibility index (Phi) is 6.19. The highest BCUT2D eigenvalue weighted by Crippen LogP contribution is 2.40. The van der Waals surface area contributed by atoms with Crippen LogP contribution in [0.2, 0.25) is 10.0 Å². The molecule has 0 N–H and O–H groups in total. The van der Waals surface area contributed by atoms with Crippen molar-refractivity contribution in [2.45, 2.75) is 56.4 Å². The number of amides is 1. The molecule has 0 unspecified atom stereocenters. The minimum atomic E-state index is -0.515. The van der Waals surface area contributed by atoms with Crippen LogP contribution >= 0.6 is 23.2 Å². The lowest BCUT2D eigenvalue weighted by Gasteiger charge is -2.47. The molecule has 0 radical (unpaired) electrons. The molecule has 1 aliphatic carbocycles. The molecule has 1 spiro atoms. The van der Waals surface area contributed by atoms with E-state index < -0.39 is 5.79 Å². The normalized spacial score (nSPS) is 27.4. The number of likely N-dealkylation sites (tertiary alicyclic amines) is 1. The van der Waals surface area contributed by atoms with Gasteiger partial charge in [-0.2, -0.15) is 0 Å². The van der Waals surface area contributed by atoms with Gasteiger partial charge in [0.05, 0.1) is 35.7 Å². The average Bonchev–Trinajstić information content (AvgIpc) is 3.37. The number of carbonyl (C=O) groups excluding carboxylic acids is 1. The zero-order valence-corrected chi connectivity index (χ0v) is 17.8. The van der Waals surface area contributed by atoms with Gasteiger partial charge in [0.2, 0.25) is 5.91 Å². The fourth-order valence-corrected chi connectivity index (χ4v) is 5.22. The molecule has 1 aromatic rings. The number of likely N-dealkylation sites (N-methyl/N-ethyl adjacent to an activating group) is 1. The van der Waals surface area contributed by atoms with Crippen molar-refractivity contribution in [3.63, 3.8) is 0 Å². The maximum Gasteiger partial charge on any atom is 0.227 e. The van der Waals surface area contributed by atoms with Gasteiger partial charge in [-0.3, -0.25) is 9.69 Å². The van der Waals surface area contributed by atoms with E-state index >= 15 is 0 Å². The van der Waals surface area contributed by atoms with Crippen molar-refractivity contribution >= 4 is 29.1 Å². The summed E-state index contributed by atoms with van der Waals surface area (Å²) < 4.78 is 12.0. The molecule has 2 heterocycles. The molecule has 3 fully saturated rings. The van der Waals surface area contributed by atoms with Crippen molar-refractivity contribution < 1.29 is 14.3 Å². The molecule has 4 rings (SSSR count). The summed E-state index contributed by atoms with van der Waals surface area (Å²) in [5.74, 6) is -0.429. The summed E-state index contributed by atoms with van der Waals surface area (Å²) in [6, 6.07) is 5.83. The minimum Gasteiger partial charge on any atom is -0.347 e. The van der Waals surface area contributed by atoms with Crippen LogP contribution in [0.3, 0.4) is 0 Å². The summed E-state index contributed by atoms with van der Waals surface area (Å²) >= 11 is 12.1. The number of benzene rings is 1. The summed E-state index contributed by atoms with van der Waals surface area (Å²) in [6.45, 7) is 3.51. The number of carbonyl (C=O) groups is 1. The van der Waals surface area contributed by atoms with E-state index in [0.717, 1.165) is 37.9 Å². The van der Waals surface area contributed by atoms with Crippen LogP contribution in [0.15, 0.2) is 18.2 Å². The second kappa shape index (κ2) is 8.49. The lowest BCUT2D eigenvalue weighted by atomic mass is 9.83. The van der Waals surface area contributed by atoms with Crippen LogP contribution in [0.1, 0.15) is 37.7 Å². The molecule has 28 heavy (non-hydrogen) atoms. The minimum absolute atomic E-state index is 0.0835. The number of nitrogens with zero attached hydrogens (tertiary/aromatic N) is 2. The van der Waals surface area contributed by atoms with Crippen molar-refractivity contribution in [3.8, 4) is 0 Å². The molecule has 3 aliphatic rings. The van der Waals surface area contributed by atoms with Crippen LogP contribution in [0, 0.1) is 0 Å². The smallest absolute Gasteiger partial charge is 0.227 e. The largest absolute Gasteiger partial charge is 0.347 e. The summed E-state index contributed by atoms with van der Waals surface area (Å²) in [5.41, 5.74) is 0.878. The van der Waals surface area contributed by atoms with Crippen LogP contribution in [0.25, 0.3) is 0 Å². The first-order valence-corrected chi connectivity index (χ1v) is 10.9. The predicted molar refractivity (Wildman–Crippen MR) is 110 cm³/mol. The van der Waals surface area contributed by atoms with Crippen LogP contribution in [-0.4, -0.2) is 66.9 Å². The van der Waals surface area contributed by atoms with Gasteiger partial charge in [0.1, 0.15) is 0 Å². The average molecular weight is 427 g/mol. The van der Waals surface area contributed by atoms with E-state index in [0.29, 0.717) is 35.7 Å². The molecule has 1 amide bonds. The zero-order valence-electron chi connectivity index (χ0n) is 16.3. The van der Waals surface area contributed by atoms with Gasteiger partial charge in [-0.15, -0.1) is 0 Å². The van der Waals surface area contributed by atoms with E-state index in [4.69, 9.17) is 32.7 Å². The Morgan fingerprint density at radius 3 is 2.61 bits per heavy atom. The Bertz CT molecular complexity index is 718. The molecule has 2 atom stereocenters. The third-order valence-corrected chi connectivity index (χ3v) is 7.18. The molecule has 0 aromatic heterocycles. The zero-order chi connectivity index (χ0) is 19.7. The molecular formula is C21H28Cl2N2O3. The highest BCUT2D eigenvalue weighted by Gasteiger charge is 2.48. The predicted octanol–water partition coefficient (Wildman–Crippen LogP) is 3.75. The van der Waals surface area contributed by atoms with Crippen molar-refractivity contribution in [1.29, 1.82) is 0 Å². The first-order chi connectivity index (χ1) is 13.5. The highest BCUT2D eigenvalue weighted by atomic mass is 35.5. The van der Waals surface area contributed by atoms with E-state index in [9.17, 15) is 4.79 Å². The summed E-state index contributed by atoms with van der Waals surface area (Å²) in [6.07, 6.45) is 5.42. The summed E-state index contributed by atoms with van der Waals surface area (Å²) in [4.78, 5) is 17.6. The highest BCUT2D eigenvalue weighted by molar-refractivity contribution is 6.42. The SMILES string of the molecule is CN(C(=O)Cc1ccc(Cl)c(Cl)c1)[C@@H]1CC2(CC[C@H]1N1CCCC1)OCCO2. The molecule has 154 valence electrons. The van der Waals surface area contributed by atoms with E-state index in [1.807, 2.05) is 18.0 Å². The van der Waals surface area contributed by atoms with E-state index in [-0.39, 0.29) is 11.9 Å². The maximum absolute atomic E-state index is 13.1. The number of ether oxygens (including phenoxy) is 2. The molecule has 1 saturated carbocycles. The molecule has 7 heteroatoms. The van der Waals surface area contributed by atoms with Gasteiger partial charge in [-0.25, -0.2) is 0 Å². The van der Waals surface area contributed by atoms with E-state index in [1.54, 1.807) is 12.1 Å². The lowest BCUT2D eigenvalue weighted by Crippen LogP contribution is -2.58. The molecule has 2 aliphatic heterocycles. The van der Waals surface area contributed by atoms with E-state index in [2.05, 4.69) is 4.90 Å². The van der Waals surface area contributed by atoms with Crippen LogP contribution < -0.4 is 0 Å². The van der Waals surface area contributed by atoms with Crippen molar-refractivity contribution in [2.24, 2.45) is 0 Å². The Labute approximate surface area is 176 Å². The first-order valence-electron chi connectivity index (χ1n) is 10.2. The molecule has 2 saturated heterocycles. The molecule has 0 bridgehead atoms. The first kappa shape index (κ1) is 20.4.